The Kier molecular flexibility index (Phi) is 3.65. The van der Waals surface area contributed by atoms with Gasteiger partial charge in [-0.3, -0.25) is 0 Å². The van der Waals surface area contributed by atoms with E-state index in [2.05, 4.69) is 40.4 Å². The smallest absolute Gasteiger partial charge is 0.258 e. The van der Waals surface area contributed by atoms with Crippen LogP contribution in [-0.2, 0) is 6.54 Å². The fraction of sp³-hybridized carbons (Fsp3) is 0.294. The summed E-state index contributed by atoms with van der Waals surface area (Å²) in [5, 5.41) is 14.6. The van der Waals surface area contributed by atoms with Gasteiger partial charge in [-0.2, -0.15) is 4.98 Å². The van der Waals surface area contributed by atoms with Gasteiger partial charge >= 0.3 is 0 Å². The summed E-state index contributed by atoms with van der Waals surface area (Å²) in [6.07, 6.45) is 0. The Bertz CT molecular complexity index is 997. The van der Waals surface area contributed by atoms with Crippen molar-refractivity contribution in [3.05, 3.63) is 35.2 Å². The lowest BCUT2D eigenvalue weighted by Crippen LogP contribution is -2.05. The number of hydrogen-bond donors (Lipinski definition) is 0. The maximum absolute atomic E-state index is 5.44. The summed E-state index contributed by atoms with van der Waals surface area (Å²) in [6, 6.07) is 7.97. The molecule has 0 saturated heterocycles. The van der Waals surface area contributed by atoms with Crippen molar-refractivity contribution in [2.45, 2.75) is 27.3 Å². The number of benzene rings is 1. The van der Waals surface area contributed by atoms with Crippen LogP contribution >= 0.6 is 11.3 Å². The van der Waals surface area contributed by atoms with Crippen molar-refractivity contribution in [2.24, 2.45) is 5.92 Å². The van der Waals surface area contributed by atoms with Crippen LogP contribution in [0.15, 0.2) is 34.2 Å². The molecule has 4 rings (SSSR count). The Labute approximate surface area is 143 Å². The highest BCUT2D eigenvalue weighted by atomic mass is 32.1. The summed E-state index contributed by atoms with van der Waals surface area (Å²) in [7, 11) is 0. The first-order chi connectivity index (χ1) is 11.6. The molecular weight excluding hydrogens is 322 g/mol. The third kappa shape index (κ3) is 2.60. The van der Waals surface area contributed by atoms with E-state index in [0.29, 0.717) is 17.6 Å². The lowest BCUT2D eigenvalue weighted by atomic mass is 10.2. The van der Waals surface area contributed by atoms with E-state index in [1.165, 1.54) is 0 Å². The average Bonchev–Trinajstić information content (AvgIpc) is 3.26. The van der Waals surface area contributed by atoms with Crippen LogP contribution in [0.4, 0.5) is 0 Å². The standard InChI is InChI=1S/C17H17N5OS/c1-10(2)9-22-14-5-4-12(8-13(14)19-21-22)17-18-16(20-23-17)15-11(3)6-7-24-15/h4-8,10H,9H2,1-3H3. The zero-order valence-corrected chi connectivity index (χ0v) is 14.5. The first kappa shape index (κ1) is 15.0. The van der Waals surface area contributed by atoms with E-state index in [0.717, 1.165) is 33.6 Å². The monoisotopic (exact) mass is 339 g/mol. The summed E-state index contributed by atoms with van der Waals surface area (Å²) in [5.41, 5.74) is 3.85. The van der Waals surface area contributed by atoms with Gasteiger partial charge in [-0.25, -0.2) is 4.68 Å². The van der Waals surface area contributed by atoms with Crippen molar-refractivity contribution < 1.29 is 4.52 Å². The van der Waals surface area contributed by atoms with Gasteiger partial charge in [0.05, 0.1) is 10.4 Å². The number of aryl methyl sites for hydroxylation is 1. The molecule has 7 heteroatoms. The zero-order valence-electron chi connectivity index (χ0n) is 13.7. The van der Waals surface area contributed by atoms with E-state index in [4.69, 9.17) is 4.52 Å². The van der Waals surface area contributed by atoms with Crippen LogP contribution < -0.4 is 0 Å². The first-order valence-electron chi connectivity index (χ1n) is 7.83. The predicted octanol–water partition coefficient (Wildman–Crippen LogP) is 4.17. The second-order valence-corrected chi connectivity index (χ2v) is 7.14. The molecule has 122 valence electrons. The van der Waals surface area contributed by atoms with Crippen LogP contribution in [0.2, 0.25) is 0 Å². The molecule has 24 heavy (non-hydrogen) atoms. The summed E-state index contributed by atoms with van der Waals surface area (Å²) >= 11 is 1.61. The van der Waals surface area contributed by atoms with Gasteiger partial charge in [0, 0.05) is 12.1 Å². The van der Waals surface area contributed by atoms with E-state index in [1.54, 1.807) is 11.3 Å². The van der Waals surface area contributed by atoms with Gasteiger partial charge in [0.1, 0.15) is 5.52 Å². The minimum Gasteiger partial charge on any atom is -0.334 e. The summed E-state index contributed by atoms with van der Waals surface area (Å²) in [5.74, 6) is 1.64. The molecular formula is C17H17N5OS. The number of aromatic nitrogens is 5. The van der Waals surface area contributed by atoms with Crippen LogP contribution in [0.1, 0.15) is 19.4 Å². The number of rotatable bonds is 4. The molecule has 0 aliphatic heterocycles. The maximum atomic E-state index is 5.44. The Balaban J connectivity index is 1.70. The summed E-state index contributed by atoms with van der Waals surface area (Å²) < 4.78 is 7.37. The van der Waals surface area contributed by atoms with Gasteiger partial charge in [0.25, 0.3) is 5.89 Å². The van der Waals surface area contributed by atoms with E-state index >= 15 is 0 Å². The third-order valence-electron chi connectivity index (χ3n) is 3.79. The molecule has 0 saturated carbocycles. The molecule has 0 bridgehead atoms. The predicted molar refractivity (Wildman–Crippen MR) is 93.7 cm³/mol. The summed E-state index contributed by atoms with van der Waals surface area (Å²) in [4.78, 5) is 5.56. The van der Waals surface area contributed by atoms with Crippen molar-refractivity contribution in [3.8, 4) is 22.2 Å². The van der Waals surface area contributed by atoms with E-state index in [-0.39, 0.29) is 0 Å². The number of nitrogens with zero attached hydrogens (tertiary/aromatic N) is 5. The van der Waals surface area contributed by atoms with E-state index in [9.17, 15) is 0 Å². The highest BCUT2D eigenvalue weighted by molar-refractivity contribution is 7.13. The van der Waals surface area contributed by atoms with E-state index in [1.807, 2.05) is 35.2 Å². The molecule has 3 aromatic heterocycles. The fourth-order valence-corrected chi connectivity index (χ4v) is 3.47. The highest BCUT2D eigenvalue weighted by Gasteiger charge is 2.15. The molecule has 1 aromatic carbocycles. The number of hydrogen-bond acceptors (Lipinski definition) is 6. The van der Waals surface area contributed by atoms with Crippen molar-refractivity contribution >= 4 is 22.4 Å². The molecule has 0 unspecified atom stereocenters. The Morgan fingerprint density at radius 1 is 1.25 bits per heavy atom. The second-order valence-electron chi connectivity index (χ2n) is 6.22. The van der Waals surface area contributed by atoms with Crippen molar-refractivity contribution in [2.75, 3.05) is 0 Å². The van der Waals surface area contributed by atoms with Gasteiger partial charge in [0.15, 0.2) is 0 Å². The largest absolute Gasteiger partial charge is 0.334 e. The Morgan fingerprint density at radius 3 is 2.88 bits per heavy atom. The lowest BCUT2D eigenvalue weighted by Gasteiger charge is -2.04. The van der Waals surface area contributed by atoms with Crippen molar-refractivity contribution in [1.82, 2.24) is 25.1 Å². The van der Waals surface area contributed by atoms with Crippen LogP contribution in [0.5, 0.6) is 0 Å². The normalized spacial score (nSPS) is 11.7. The SMILES string of the molecule is Cc1ccsc1-c1noc(-c2ccc3c(c2)nnn3CC(C)C)n1. The highest BCUT2D eigenvalue weighted by Crippen LogP contribution is 2.29. The van der Waals surface area contributed by atoms with Crippen molar-refractivity contribution in [1.29, 1.82) is 0 Å². The average molecular weight is 339 g/mol. The third-order valence-corrected chi connectivity index (χ3v) is 4.80. The molecule has 3 heterocycles. The van der Waals surface area contributed by atoms with Crippen LogP contribution in [0.25, 0.3) is 33.2 Å². The maximum Gasteiger partial charge on any atom is 0.258 e. The number of fused-ring (bicyclic) bond motifs is 1. The molecule has 6 nitrogen and oxygen atoms in total. The lowest BCUT2D eigenvalue weighted by molar-refractivity contribution is 0.432. The number of thiophene rings is 1. The molecule has 0 fully saturated rings. The summed E-state index contributed by atoms with van der Waals surface area (Å²) in [6.45, 7) is 7.21. The van der Waals surface area contributed by atoms with Crippen LogP contribution in [-0.4, -0.2) is 25.1 Å². The van der Waals surface area contributed by atoms with Crippen LogP contribution in [0, 0.1) is 12.8 Å². The molecule has 4 aromatic rings. The van der Waals surface area contributed by atoms with Crippen molar-refractivity contribution in [3.63, 3.8) is 0 Å². The molecule has 0 aliphatic carbocycles. The molecule has 0 N–H and O–H groups in total. The quantitative estimate of drug-likeness (QED) is 0.558. The first-order valence-corrected chi connectivity index (χ1v) is 8.71. The van der Waals surface area contributed by atoms with Gasteiger partial charge in [-0.15, -0.1) is 16.4 Å². The zero-order chi connectivity index (χ0) is 16.7. The van der Waals surface area contributed by atoms with Gasteiger partial charge < -0.3 is 4.52 Å². The molecule has 0 aliphatic rings. The minimum absolute atomic E-state index is 0.498. The Morgan fingerprint density at radius 2 is 2.12 bits per heavy atom. The second kappa shape index (κ2) is 5.83. The van der Waals surface area contributed by atoms with E-state index < -0.39 is 0 Å². The van der Waals surface area contributed by atoms with Crippen LogP contribution in [0.3, 0.4) is 0 Å². The van der Waals surface area contributed by atoms with Gasteiger partial charge in [-0.1, -0.05) is 24.2 Å². The van der Waals surface area contributed by atoms with Gasteiger partial charge in [0.2, 0.25) is 5.82 Å². The molecule has 0 spiro atoms. The molecule has 0 radical (unpaired) electrons. The fourth-order valence-electron chi connectivity index (χ4n) is 2.62. The van der Waals surface area contributed by atoms with Gasteiger partial charge in [-0.05, 0) is 48.1 Å². The Hall–Kier alpha value is -2.54. The molecule has 0 atom stereocenters. The molecule has 0 amide bonds. The minimum atomic E-state index is 0.498. The topological polar surface area (TPSA) is 69.6 Å².